The van der Waals surface area contributed by atoms with Crippen molar-refractivity contribution >= 4 is 33.0 Å². The molecule has 0 unspecified atom stereocenters. The van der Waals surface area contributed by atoms with Crippen LogP contribution < -0.4 is 4.72 Å². The molecule has 26 heavy (non-hydrogen) atoms. The molecule has 134 valence electrons. The molecular weight excluding hydrogens is 377 g/mol. The summed E-state index contributed by atoms with van der Waals surface area (Å²) in [6.45, 7) is -0.0505. The molecule has 2 aromatic carbocycles. The van der Waals surface area contributed by atoms with E-state index in [1.165, 1.54) is 42.5 Å². The van der Waals surface area contributed by atoms with Gasteiger partial charge in [-0.1, -0.05) is 30.3 Å². The van der Waals surface area contributed by atoms with E-state index < -0.39 is 16.0 Å². The van der Waals surface area contributed by atoms with Crippen LogP contribution in [-0.4, -0.2) is 14.4 Å². The van der Waals surface area contributed by atoms with Crippen LogP contribution in [0.4, 0.5) is 10.1 Å². The van der Waals surface area contributed by atoms with Gasteiger partial charge in [-0.15, -0.1) is 11.3 Å². The summed E-state index contributed by atoms with van der Waals surface area (Å²) in [6.07, 6.45) is 0. The molecule has 0 aliphatic rings. The number of hydrogen-bond donors (Lipinski definition) is 1. The van der Waals surface area contributed by atoms with Gasteiger partial charge < -0.3 is 4.74 Å². The topological polar surface area (TPSA) is 72.5 Å². The van der Waals surface area contributed by atoms with Crippen LogP contribution in [-0.2, 0) is 21.4 Å². The first-order chi connectivity index (χ1) is 12.5. The van der Waals surface area contributed by atoms with E-state index in [0.717, 1.165) is 11.3 Å². The monoisotopic (exact) mass is 391 g/mol. The van der Waals surface area contributed by atoms with Gasteiger partial charge in [0, 0.05) is 0 Å². The Kier molecular flexibility index (Phi) is 5.34. The van der Waals surface area contributed by atoms with Crippen LogP contribution in [0.3, 0.4) is 0 Å². The predicted octanol–water partition coefficient (Wildman–Crippen LogP) is 4.05. The van der Waals surface area contributed by atoms with Crippen molar-refractivity contribution in [3.8, 4) is 0 Å². The number of hydrogen-bond acceptors (Lipinski definition) is 5. The lowest BCUT2D eigenvalue weighted by Crippen LogP contribution is -2.15. The number of sulfonamides is 1. The first-order valence-electron chi connectivity index (χ1n) is 7.52. The quantitative estimate of drug-likeness (QED) is 0.644. The van der Waals surface area contributed by atoms with Gasteiger partial charge in [-0.2, -0.15) is 0 Å². The van der Waals surface area contributed by atoms with Gasteiger partial charge in [0.15, 0.2) is 0 Å². The van der Waals surface area contributed by atoms with E-state index in [2.05, 4.69) is 4.72 Å². The fourth-order valence-electron chi connectivity index (χ4n) is 2.17. The third-order valence-corrected chi connectivity index (χ3v) is 6.20. The summed E-state index contributed by atoms with van der Waals surface area (Å²) in [6, 6.07) is 14.8. The van der Waals surface area contributed by atoms with E-state index in [4.69, 9.17) is 4.74 Å². The number of rotatable bonds is 6. The maximum atomic E-state index is 12.9. The molecule has 1 aromatic heterocycles. The van der Waals surface area contributed by atoms with Crippen LogP contribution in [0.5, 0.6) is 0 Å². The van der Waals surface area contributed by atoms with Crippen LogP contribution in [0.2, 0.25) is 0 Å². The molecule has 0 bridgehead atoms. The number of carbonyl (C=O) groups is 1. The molecule has 3 rings (SSSR count). The Morgan fingerprint density at radius 2 is 1.77 bits per heavy atom. The molecule has 1 N–H and O–H groups in total. The summed E-state index contributed by atoms with van der Waals surface area (Å²) >= 11 is 1.07. The first-order valence-corrected chi connectivity index (χ1v) is 9.89. The minimum absolute atomic E-state index is 0.0505. The third kappa shape index (κ3) is 4.27. The number of anilines is 1. The molecule has 8 heteroatoms. The number of esters is 1. The number of ether oxygens (including phenoxy) is 1. The molecular formula is C18H14FNO4S2. The maximum Gasteiger partial charge on any atom is 0.340 e. The zero-order valence-electron chi connectivity index (χ0n) is 13.4. The lowest BCUT2D eigenvalue weighted by Gasteiger charge is -2.11. The molecule has 0 aliphatic heterocycles. The van der Waals surface area contributed by atoms with Crippen molar-refractivity contribution < 1.29 is 22.3 Å². The second-order valence-electron chi connectivity index (χ2n) is 5.29. The summed E-state index contributed by atoms with van der Waals surface area (Å²) in [5, 5.41) is 1.65. The fraction of sp³-hybridized carbons (Fsp3) is 0.0556. The standard InChI is InChI=1S/C18H14FNO4S2/c19-14-9-7-13(8-10-14)12-24-18(21)15-4-1-2-5-16(15)20-26(22,23)17-6-3-11-25-17/h1-11,20H,12H2. The Bertz CT molecular complexity index is 1000. The molecule has 1 heterocycles. The molecule has 0 aliphatic carbocycles. The van der Waals surface area contributed by atoms with Gasteiger partial charge in [-0.05, 0) is 41.3 Å². The van der Waals surface area contributed by atoms with Crippen molar-refractivity contribution in [3.63, 3.8) is 0 Å². The lowest BCUT2D eigenvalue weighted by atomic mass is 10.2. The zero-order valence-corrected chi connectivity index (χ0v) is 15.0. The number of benzene rings is 2. The van der Waals surface area contributed by atoms with Crippen molar-refractivity contribution in [2.24, 2.45) is 0 Å². The highest BCUT2D eigenvalue weighted by atomic mass is 32.2. The summed E-state index contributed by atoms with van der Waals surface area (Å²) in [5.74, 6) is -1.06. The van der Waals surface area contributed by atoms with Crippen LogP contribution in [0.1, 0.15) is 15.9 Å². The number of carbonyl (C=O) groups excluding carboxylic acids is 1. The molecule has 0 atom stereocenters. The van der Waals surface area contributed by atoms with Crippen molar-refractivity contribution in [1.29, 1.82) is 0 Å². The number of thiophene rings is 1. The normalized spacial score (nSPS) is 11.1. The lowest BCUT2D eigenvalue weighted by molar-refractivity contribution is 0.0474. The van der Waals surface area contributed by atoms with Crippen LogP contribution >= 0.6 is 11.3 Å². The molecule has 0 spiro atoms. The number of para-hydroxylation sites is 1. The molecule has 0 amide bonds. The minimum atomic E-state index is -3.78. The van der Waals surface area contributed by atoms with Gasteiger partial charge in [0.1, 0.15) is 16.6 Å². The van der Waals surface area contributed by atoms with Gasteiger partial charge in [-0.3, -0.25) is 4.72 Å². The highest BCUT2D eigenvalue weighted by molar-refractivity contribution is 7.94. The van der Waals surface area contributed by atoms with Gasteiger partial charge >= 0.3 is 5.97 Å². The van der Waals surface area contributed by atoms with Crippen molar-refractivity contribution in [2.75, 3.05) is 4.72 Å². The molecule has 3 aromatic rings. The fourth-order valence-corrected chi connectivity index (χ4v) is 4.24. The number of nitrogens with one attached hydrogen (secondary N) is 1. The van der Waals surface area contributed by atoms with Gasteiger partial charge in [-0.25, -0.2) is 17.6 Å². The second-order valence-corrected chi connectivity index (χ2v) is 8.14. The second kappa shape index (κ2) is 7.67. The molecule has 5 nitrogen and oxygen atoms in total. The Morgan fingerprint density at radius 1 is 1.04 bits per heavy atom. The van der Waals surface area contributed by atoms with E-state index in [-0.39, 0.29) is 27.9 Å². The molecule has 0 radical (unpaired) electrons. The van der Waals surface area contributed by atoms with Crippen LogP contribution in [0, 0.1) is 5.82 Å². The minimum Gasteiger partial charge on any atom is -0.457 e. The third-order valence-electron chi connectivity index (χ3n) is 3.43. The molecule has 0 fully saturated rings. The Hall–Kier alpha value is -2.71. The summed E-state index contributed by atoms with van der Waals surface area (Å²) in [4.78, 5) is 12.3. The average Bonchev–Trinajstić information content (AvgIpc) is 3.17. The summed E-state index contributed by atoms with van der Waals surface area (Å²) < 4.78 is 45.4. The Balaban J connectivity index is 1.76. The van der Waals surface area contributed by atoms with Gasteiger partial charge in [0.05, 0.1) is 11.3 Å². The largest absolute Gasteiger partial charge is 0.457 e. The van der Waals surface area contributed by atoms with Crippen molar-refractivity contribution in [1.82, 2.24) is 0 Å². The zero-order chi connectivity index (χ0) is 18.6. The summed E-state index contributed by atoms with van der Waals surface area (Å²) in [5.41, 5.74) is 0.844. The van der Waals surface area contributed by atoms with Crippen molar-refractivity contribution in [2.45, 2.75) is 10.8 Å². The van der Waals surface area contributed by atoms with E-state index in [9.17, 15) is 17.6 Å². The first kappa shape index (κ1) is 18.1. The van der Waals surface area contributed by atoms with Crippen molar-refractivity contribution in [3.05, 3.63) is 83.0 Å². The highest BCUT2D eigenvalue weighted by Gasteiger charge is 2.20. The van der Waals surface area contributed by atoms with E-state index in [1.54, 1.807) is 23.6 Å². The Morgan fingerprint density at radius 3 is 2.46 bits per heavy atom. The van der Waals surface area contributed by atoms with E-state index in [0.29, 0.717) is 5.56 Å². The van der Waals surface area contributed by atoms with Gasteiger partial charge in [0.25, 0.3) is 10.0 Å². The smallest absolute Gasteiger partial charge is 0.340 e. The van der Waals surface area contributed by atoms with Crippen LogP contribution in [0.25, 0.3) is 0 Å². The van der Waals surface area contributed by atoms with Gasteiger partial charge in [0.2, 0.25) is 0 Å². The van der Waals surface area contributed by atoms with E-state index in [1.807, 2.05) is 0 Å². The summed E-state index contributed by atoms with van der Waals surface area (Å²) in [7, 11) is -3.78. The number of halogens is 1. The molecule has 0 saturated heterocycles. The predicted molar refractivity (Wildman–Crippen MR) is 97.1 cm³/mol. The average molecular weight is 391 g/mol. The van der Waals surface area contributed by atoms with E-state index >= 15 is 0 Å². The molecule has 0 saturated carbocycles. The maximum absolute atomic E-state index is 12.9. The Labute approximate surface area is 154 Å². The van der Waals surface area contributed by atoms with Crippen LogP contribution in [0.15, 0.2) is 70.3 Å². The SMILES string of the molecule is O=C(OCc1ccc(F)cc1)c1ccccc1NS(=O)(=O)c1cccs1. The highest BCUT2D eigenvalue weighted by Crippen LogP contribution is 2.23.